The third kappa shape index (κ3) is 2.81. The van der Waals surface area contributed by atoms with E-state index in [9.17, 15) is 0 Å². The zero-order chi connectivity index (χ0) is 18.9. The Morgan fingerprint density at radius 2 is 2.11 bits per heavy atom. The average molecular weight is 372 g/mol. The maximum Gasteiger partial charge on any atom is 0.222 e. The molecule has 0 bridgehead atoms. The molecule has 0 aliphatic carbocycles. The van der Waals surface area contributed by atoms with Gasteiger partial charge in [-0.3, -0.25) is 0 Å². The Hall–Kier alpha value is -3.94. The molecule has 0 unspecified atom stereocenters. The van der Waals surface area contributed by atoms with Crippen LogP contribution in [-0.2, 0) is 6.42 Å². The van der Waals surface area contributed by atoms with Crippen LogP contribution < -0.4 is 4.74 Å². The van der Waals surface area contributed by atoms with Crippen molar-refractivity contribution in [3.8, 4) is 28.5 Å². The van der Waals surface area contributed by atoms with Gasteiger partial charge < -0.3 is 14.1 Å². The van der Waals surface area contributed by atoms with Gasteiger partial charge in [0.05, 0.1) is 25.3 Å². The van der Waals surface area contributed by atoms with E-state index in [1.54, 1.807) is 19.6 Å². The van der Waals surface area contributed by atoms with Crippen LogP contribution in [0.1, 0.15) is 11.3 Å². The highest BCUT2D eigenvalue weighted by Gasteiger charge is 2.16. The molecule has 4 heterocycles. The molecule has 0 spiro atoms. The van der Waals surface area contributed by atoms with Gasteiger partial charge in [-0.1, -0.05) is 6.07 Å². The van der Waals surface area contributed by atoms with Gasteiger partial charge in [-0.25, -0.2) is 4.98 Å². The molecule has 28 heavy (non-hydrogen) atoms. The van der Waals surface area contributed by atoms with E-state index in [-0.39, 0.29) is 0 Å². The molecule has 2 N–H and O–H groups in total. The first kappa shape index (κ1) is 16.2. The molecular formula is C20H16N6O2. The second kappa shape index (κ2) is 6.66. The maximum atomic E-state index is 5.36. The Kier molecular flexibility index (Phi) is 3.86. The van der Waals surface area contributed by atoms with Crippen LogP contribution in [0.4, 0.5) is 0 Å². The summed E-state index contributed by atoms with van der Waals surface area (Å²) in [7, 11) is 1.66. The van der Waals surface area contributed by atoms with Crippen molar-refractivity contribution in [2.24, 2.45) is 0 Å². The Morgan fingerprint density at radius 1 is 1.14 bits per heavy atom. The van der Waals surface area contributed by atoms with E-state index in [4.69, 9.17) is 14.1 Å². The lowest BCUT2D eigenvalue weighted by Crippen LogP contribution is -1.96. The van der Waals surface area contributed by atoms with Gasteiger partial charge in [0.15, 0.2) is 0 Å². The Balaban J connectivity index is 1.62. The number of aromatic amines is 2. The van der Waals surface area contributed by atoms with Gasteiger partial charge >= 0.3 is 0 Å². The molecule has 0 saturated carbocycles. The maximum absolute atomic E-state index is 5.36. The van der Waals surface area contributed by atoms with Crippen LogP contribution in [0.15, 0.2) is 59.4 Å². The van der Waals surface area contributed by atoms with Crippen LogP contribution >= 0.6 is 0 Å². The quantitative estimate of drug-likeness (QED) is 0.488. The summed E-state index contributed by atoms with van der Waals surface area (Å²) in [6.45, 7) is 0. The number of tetrazole rings is 1. The molecule has 0 atom stereocenters. The van der Waals surface area contributed by atoms with Crippen LogP contribution in [0.3, 0.4) is 0 Å². The van der Waals surface area contributed by atoms with Gasteiger partial charge in [0, 0.05) is 34.6 Å². The minimum Gasteiger partial charge on any atom is -0.497 e. The Bertz CT molecular complexity index is 1230. The number of benzene rings is 1. The molecule has 8 heteroatoms. The van der Waals surface area contributed by atoms with E-state index < -0.39 is 0 Å². The van der Waals surface area contributed by atoms with E-state index in [0.29, 0.717) is 17.9 Å². The first-order valence-electron chi connectivity index (χ1n) is 8.73. The third-order valence-electron chi connectivity index (χ3n) is 4.66. The number of rotatable bonds is 5. The lowest BCUT2D eigenvalue weighted by Gasteiger charge is -2.05. The van der Waals surface area contributed by atoms with Crippen molar-refractivity contribution in [1.82, 2.24) is 30.6 Å². The van der Waals surface area contributed by atoms with Crippen molar-refractivity contribution < 1.29 is 9.15 Å². The van der Waals surface area contributed by atoms with Gasteiger partial charge in [0.2, 0.25) is 5.82 Å². The molecule has 0 fully saturated rings. The third-order valence-corrected chi connectivity index (χ3v) is 4.66. The molecule has 5 aromatic rings. The number of furan rings is 1. The summed E-state index contributed by atoms with van der Waals surface area (Å²) in [5.41, 5.74) is 5.71. The molecule has 1 aromatic carbocycles. The molecule has 8 nitrogen and oxygen atoms in total. The van der Waals surface area contributed by atoms with Gasteiger partial charge in [0.25, 0.3) is 0 Å². The van der Waals surface area contributed by atoms with Crippen molar-refractivity contribution >= 4 is 10.9 Å². The first-order valence-corrected chi connectivity index (χ1v) is 8.73. The number of ether oxygens (including phenoxy) is 1. The standard InChI is InChI=1S/C20H16N6O2/c1-27-14-5-6-15-16(19(22-18(15)10-14)12-7-8-28-11-12)9-13-3-2-4-17(21-13)20-23-25-26-24-20/h2-8,10-11,22H,9H2,1H3,(H,23,24,25,26). The fourth-order valence-electron chi connectivity index (χ4n) is 3.35. The highest BCUT2D eigenvalue weighted by Crippen LogP contribution is 2.34. The second-order valence-electron chi connectivity index (χ2n) is 6.33. The number of pyridine rings is 1. The average Bonchev–Trinajstić information content (AvgIpc) is 3.49. The van der Waals surface area contributed by atoms with Crippen LogP contribution in [-0.4, -0.2) is 37.7 Å². The van der Waals surface area contributed by atoms with Crippen molar-refractivity contribution in [3.63, 3.8) is 0 Å². The van der Waals surface area contributed by atoms with Crippen LogP contribution in [0.25, 0.3) is 33.7 Å². The Labute approximate surface area is 159 Å². The topological polar surface area (TPSA) is 106 Å². The van der Waals surface area contributed by atoms with Crippen molar-refractivity contribution in [2.45, 2.75) is 6.42 Å². The summed E-state index contributed by atoms with van der Waals surface area (Å²) in [5.74, 6) is 1.27. The van der Waals surface area contributed by atoms with Crippen molar-refractivity contribution in [3.05, 3.63) is 66.2 Å². The molecule has 0 saturated heterocycles. The number of nitrogens with one attached hydrogen (secondary N) is 2. The summed E-state index contributed by atoms with van der Waals surface area (Å²) >= 11 is 0. The number of methoxy groups -OCH3 is 1. The van der Waals surface area contributed by atoms with Crippen LogP contribution in [0, 0.1) is 0 Å². The zero-order valence-corrected chi connectivity index (χ0v) is 15.0. The number of fused-ring (bicyclic) bond motifs is 1. The number of H-pyrrole nitrogens is 2. The summed E-state index contributed by atoms with van der Waals surface area (Å²) < 4.78 is 10.7. The molecule has 5 rings (SSSR count). The number of nitrogens with zero attached hydrogens (tertiary/aromatic N) is 4. The largest absolute Gasteiger partial charge is 0.497 e. The molecule has 4 aromatic heterocycles. The van der Waals surface area contributed by atoms with Gasteiger partial charge in [-0.15, -0.1) is 10.2 Å². The number of hydrogen-bond donors (Lipinski definition) is 2. The van der Waals surface area contributed by atoms with E-state index in [1.165, 1.54) is 0 Å². The molecule has 0 aliphatic rings. The molecular weight excluding hydrogens is 356 g/mol. The van der Waals surface area contributed by atoms with Crippen molar-refractivity contribution in [1.29, 1.82) is 0 Å². The van der Waals surface area contributed by atoms with E-state index >= 15 is 0 Å². The van der Waals surface area contributed by atoms with E-state index in [2.05, 4.69) is 31.7 Å². The normalized spacial score (nSPS) is 11.2. The minimum atomic E-state index is 0.473. The smallest absolute Gasteiger partial charge is 0.222 e. The number of aromatic nitrogens is 6. The molecule has 0 amide bonds. The fraction of sp³-hybridized carbons (Fsp3) is 0.100. The first-order chi connectivity index (χ1) is 13.8. The minimum absolute atomic E-state index is 0.473. The van der Waals surface area contributed by atoms with Gasteiger partial charge in [-0.2, -0.15) is 5.21 Å². The summed E-state index contributed by atoms with van der Waals surface area (Å²) in [4.78, 5) is 8.20. The fourth-order valence-corrected chi connectivity index (χ4v) is 3.35. The summed E-state index contributed by atoms with van der Waals surface area (Å²) in [5, 5.41) is 15.2. The molecule has 138 valence electrons. The van der Waals surface area contributed by atoms with Crippen LogP contribution in [0.2, 0.25) is 0 Å². The second-order valence-corrected chi connectivity index (χ2v) is 6.33. The monoisotopic (exact) mass is 372 g/mol. The molecule has 0 radical (unpaired) electrons. The van der Waals surface area contributed by atoms with Crippen LogP contribution in [0.5, 0.6) is 5.75 Å². The summed E-state index contributed by atoms with van der Waals surface area (Å²) in [6, 6.07) is 13.8. The lowest BCUT2D eigenvalue weighted by atomic mass is 10.0. The van der Waals surface area contributed by atoms with E-state index in [0.717, 1.165) is 39.2 Å². The van der Waals surface area contributed by atoms with Gasteiger partial charge in [-0.05, 0) is 41.1 Å². The molecule has 0 aliphatic heterocycles. The predicted octanol–water partition coefficient (Wildman–Crippen LogP) is 3.60. The summed E-state index contributed by atoms with van der Waals surface area (Å²) in [6.07, 6.45) is 4.04. The highest BCUT2D eigenvalue weighted by molar-refractivity contribution is 5.91. The lowest BCUT2D eigenvalue weighted by molar-refractivity contribution is 0.415. The SMILES string of the molecule is COc1ccc2c(Cc3cccc(-c4nn[nH]n4)n3)c(-c3ccoc3)[nH]c2c1. The predicted molar refractivity (Wildman–Crippen MR) is 103 cm³/mol. The Morgan fingerprint density at radius 3 is 2.89 bits per heavy atom. The van der Waals surface area contributed by atoms with Gasteiger partial charge in [0.1, 0.15) is 11.4 Å². The van der Waals surface area contributed by atoms with E-state index in [1.807, 2.05) is 36.4 Å². The van der Waals surface area contributed by atoms with Crippen molar-refractivity contribution in [2.75, 3.05) is 7.11 Å². The highest BCUT2D eigenvalue weighted by atomic mass is 16.5. The number of hydrogen-bond acceptors (Lipinski definition) is 6. The zero-order valence-electron chi connectivity index (χ0n) is 15.0.